The summed E-state index contributed by atoms with van der Waals surface area (Å²) in [6.45, 7) is 12.4. The molecule has 2 atom stereocenters. The second-order valence-corrected chi connectivity index (χ2v) is 6.28. The number of nitrogens with zero attached hydrogens (tertiary/aromatic N) is 1. The second-order valence-electron chi connectivity index (χ2n) is 6.28. The average molecular weight is 265 g/mol. The molecule has 0 radical (unpaired) electrons. The molecule has 0 unspecified atom stereocenters. The van der Waals surface area contributed by atoms with Gasteiger partial charge in [-0.2, -0.15) is 0 Å². The summed E-state index contributed by atoms with van der Waals surface area (Å²) >= 11 is 0. The van der Waals surface area contributed by atoms with E-state index in [1.165, 1.54) is 24.8 Å². The van der Waals surface area contributed by atoms with Crippen LogP contribution in [-0.2, 0) is 4.79 Å². The molecule has 2 nitrogen and oxygen atoms in total. The van der Waals surface area contributed by atoms with Gasteiger partial charge in [-0.25, -0.2) is 0 Å². The Morgan fingerprint density at radius 1 is 1.32 bits per heavy atom. The first-order valence-electron chi connectivity index (χ1n) is 7.97. The van der Waals surface area contributed by atoms with Gasteiger partial charge in [-0.1, -0.05) is 25.5 Å². The van der Waals surface area contributed by atoms with Gasteiger partial charge >= 0.3 is 0 Å². The van der Waals surface area contributed by atoms with Crippen molar-refractivity contribution in [3.8, 4) is 0 Å². The van der Waals surface area contributed by atoms with Gasteiger partial charge in [-0.05, 0) is 58.3 Å². The van der Waals surface area contributed by atoms with Gasteiger partial charge in [0.1, 0.15) is 0 Å². The number of carbonyl (C=O) groups is 1. The van der Waals surface area contributed by atoms with E-state index in [2.05, 4.69) is 40.7 Å². The highest BCUT2D eigenvalue weighted by atomic mass is 16.2. The van der Waals surface area contributed by atoms with Crippen molar-refractivity contribution in [2.45, 2.75) is 60.3 Å². The Hall–Kier alpha value is -0.790. The van der Waals surface area contributed by atoms with Gasteiger partial charge in [0.25, 0.3) is 0 Å². The molecule has 0 spiro atoms. The number of hydrogen-bond donors (Lipinski definition) is 0. The van der Waals surface area contributed by atoms with Gasteiger partial charge in [0, 0.05) is 13.1 Å². The molecule has 0 saturated heterocycles. The zero-order valence-electron chi connectivity index (χ0n) is 13.4. The topological polar surface area (TPSA) is 20.3 Å². The van der Waals surface area contributed by atoms with Crippen LogP contribution in [0.2, 0.25) is 0 Å². The average Bonchev–Trinajstić information content (AvgIpc) is 2.39. The highest BCUT2D eigenvalue weighted by Gasteiger charge is 2.25. The molecular formula is C17H31NO. The summed E-state index contributed by atoms with van der Waals surface area (Å²) in [6, 6.07) is 0. The summed E-state index contributed by atoms with van der Waals surface area (Å²) < 4.78 is 0. The van der Waals surface area contributed by atoms with Crippen molar-refractivity contribution < 1.29 is 4.79 Å². The molecule has 0 N–H and O–H groups in total. The highest BCUT2D eigenvalue weighted by Crippen LogP contribution is 2.32. The summed E-state index contributed by atoms with van der Waals surface area (Å²) in [5.41, 5.74) is 1.37. The third-order valence-electron chi connectivity index (χ3n) is 4.36. The molecule has 0 aromatic rings. The molecule has 0 aromatic heterocycles. The van der Waals surface area contributed by atoms with E-state index in [1.54, 1.807) is 0 Å². The molecule has 19 heavy (non-hydrogen) atoms. The van der Waals surface area contributed by atoms with E-state index in [0.29, 0.717) is 5.91 Å². The van der Waals surface area contributed by atoms with Crippen LogP contribution in [0.5, 0.6) is 0 Å². The van der Waals surface area contributed by atoms with E-state index in [4.69, 9.17) is 0 Å². The van der Waals surface area contributed by atoms with Crippen LogP contribution in [-0.4, -0.2) is 23.9 Å². The first-order chi connectivity index (χ1) is 8.99. The van der Waals surface area contributed by atoms with E-state index in [9.17, 15) is 4.79 Å². The fourth-order valence-corrected chi connectivity index (χ4v) is 3.15. The summed E-state index contributed by atoms with van der Waals surface area (Å²) in [5, 5.41) is 0. The van der Waals surface area contributed by atoms with Crippen molar-refractivity contribution in [3.63, 3.8) is 0 Å². The summed E-state index contributed by atoms with van der Waals surface area (Å²) in [7, 11) is 0. The zero-order valence-corrected chi connectivity index (χ0v) is 13.4. The minimum Gasteiger partial charge on any atom is -0.343 e. The minimum absolute atomic E-state index is 0.0832. The van der Waals surface area contributed by atoms with Gasteiger partial charge in [-0.3, -0.25) is 4.79 Å². The SMILES string of the molecule is CCN(CC)C(=O)[C@@H](C)C1=CC[C@@H](CC(C)C)CC1. The van der Waals surface area contributed by atoms with Crippen molar-refractivity contribution in [3.05, 3.63) is 11.6 Å². The summed E-state index contributed by atoms with van der Waals surface area (Å²) in [6.07, 6.45) is 7.22. The lowest BCUT2D eigenvalue weighted by Gasteiger charge is -2.29. The maximum atomic E-state index is 12.3. The molecule has 1 rings (SSSR count). The van der Waals surface area contributed by atoms with Crippen LogP contribution in [0.1, 0.15) is 60.3 Å². The third-order valence-corrected chi connectivity index (χ3v) is 4.36. The molecule has 110 valence electrons. The van der Waals surface area contributed by atoms with Gasteiger partial charge in [0.05, 0.1) is 5.92 Å². The Morgan fingerprint density at radius 3 is 2.37 bits per heavy atom. The van der Waals surface area contributed by atoms with Crippen molar-refractivity contribution in [2.24, 2.45) is 17.8 Å². The molecule has 1 aliphatic carbocycles. The molecule has 0 aromatic carbocycles. The Labute approximate surface area is 119 Å². The molecule has 0 fully saturated rings. The lowest BCUT2D eigenvalue weighted by atomic mass is 9.80. The molecule has 0 heterocycles. The lowest BCUT2D eigenvalue weighted by molar-refractivity contribution is -0.133. The molecule has 1 amide bonds. The number of rotatable bonds is 6. The minimum atomic E-state index is 0.0832. The Bertz CT molecular complexity index is 315. The summed E-state index contributed by atoms with van der Waals surface area (Å²) in [4.78, 5) is 14.3. The Kier molecular flexibility index (Phi) is 6.60. The normalized spacial score (nSPS) is 21.2. The standard InChI is InChI=1S/C17H31NO/c1-6-18(7-2)17(19)14(5)16-10-8-15(9-11-16)12-13(3)4/h10,13-15H,6-9,11-12H2,1-5H3/t14-,15+/m0/s1. The van der Waals surface area contributed by atoms with Crippen molar-refractivity contribution in [2.75, 3.05) is 13.1 Å². The molecule has 2 heteroatoms. The van der Waals surface area contributed by atoms with E-state index >= 15 is 0 Å². The van der Waals surface area contributed by atoms with Gasteiger partial charge in [0.15, 0.2) is 0 Å². The van der Waals surface area contributed by atoms with Crippen molar-refractivity contribution in [1.29, 1.82) is 0 Å². The third kappa shape index (κ3) is 4.67. The highest BCUT2D eigenvalue weighted by molar-refractivity contribution is 5.81. The number of hydrogen-bond acceptors (Lipinski definition) is 1. The largest absolute Gasteiger partial charge is 0.343 e. The van der Waals surface area contributed by atoms with Gasteiger partial charge < -0.3 is 4.90 Å². The molecule has 0 bridgehead atoms. The smallest absolute Gasteiger partial charge is 0.229 e. The second kappa shape index (κ2) is 7.72. The predicted octanol–water partition coefficient (Wildman–Crippen LogP) is 4.26. The molecule has 0 saturated carbocycles. The van der Waals surface area contributed by atoms with Crippen molar-refractivity contribution in [1.82, 2.24) is 4.90 Å². The fourth-order valence-electron chi connectivity index (χ4n) is 3.15. The van der Waals surface area contributed by atoms with Gasteiger partial charge in [-0.15, -0.1) is 0 Å². The van der Waals surface area contributed by atoms with Crippen LogP contribution in [0.4, 0.5) is 0 Å². The first-order valence-corrected chi connectivity index (χ1v) is 7.97. The first kappa shape index (κ1) is 16.3. The van der Waals surface area contributed by atoms with Crippen LogP contribution in [0.3, 0.4) is 0 Å². The van der Waals surface area contributed by atoms with Gasteiger partial charge in [0.2, 0.25) is 5.91 Å². The molecule has 1 aliphatic rings. The number of carbonyl (C=O) groups excluding carboxylic acids is 1. The van der Waals surface area contributed by atoms with E-state index in [-0.39, 0.29) is 5.92 Å². The monoisotopic (exact) mass is 265 g/mol. The van der Waals surface area contributed by atoms with E-state index in [0.717, 1.165) is 31.3 Å². The maximum absolute atomic E-state index is 12.3. The number of amides is 1. The number of allylic oxidation sites excluding steroid dienone is 1. The van der Waals surface area contributed by atoms with E-state index < -0.39 is 0 Å². The molecular weight excluding hydrogens is 234 g/mol. The maximum Gasteiger partial charge on any atom is 0.229 e. The van der Waals surface area contributed by atoms with Crippen LogP contribution in [0.25, 0.3) is 0 Å². The van der Waals surface area contributed by atoms with Crippen LogP contribution in [0.15, 0.2) is 11.6 Å². The van der Waals surface area contributed by atoms with Crippen molar-refractivity contribution >= 4 is 5.91 Å². The predicted molar refractivity (Wildman–Crippen MR) is 82.0 cm³/mol. The lowest BCUT2D eigenvalue weighted by Crippen LogP contribution is -2.35. The summed E-state index contributed by atoms with van der Waals surface area (Å²) in [5.74, 6) is 2.01. The zero-order chi connectivity index (χ0) is 14.4. The molecule has 0 aliphatic heterocycles. The van der Waals surface area contributed by atoms with E-state index in [1.807, 2.05) is 4.90 Å². The quantitative estimate of drug-likeness (QED) is 0.657. The Morgan fingerprint density at radius 2 is 1.95 bits per heavy atom. The Balaban J connectivity index is 2.57. The fraction of sp³-hybridized carbons (Fsp3) is 0.824. The van der Waals surface area contributed by atoms with Crippen LogP contribution in [0, 0.1) is 17.8 Å². The van der Waals surface area contributed by atoms with Crippen LogP contribution >= 0.6 is 0 Å². The van der Waals surface area contributed by atoms with Crippen LogP contribution < -0.4 is 0 Å².